The Hall–Kier alpha value is -3.04. The fraction of sp³-hybridized carbons (Fsp3) is 0.286. The van der Waals surface area contributed by atoms with Crippen molar-refractivity contribution in [2.45, 2.75) is 24.7 Å². The van der Waals surface area contributed by atoms with Crippen LogP contribution in [0.4, 0.5) is 5.69 Å². The minimum absolute atomic E-state index is 0.201. The maximum absolute atomic E-state index is 12.8. The van der Waals surface area contributed by atoms with E-state index in [1.165, 1.54) is 28.6 Å². The van der Waals surface area contributed by atoms with Gasteiger partial charge < -0.3 is 5.32 Å². The molecule has 1 N–H and O–H groups in total. The van der Waals surface area contributed by atoms with Gasteiger partial charge in [-0.3, -0.25) is 4.79 Å². The molecule has 0 unspecified atom stereocenters. The summed E-state index contributed by atoms with van der Waals surface area (Å²) in [6.45, 7) is 3.20. The van der Waals surface area contributed by atoms with E-state index >= 15 is 0 Å². The van der Waals surface area contributed by atoms with Gasteiger partial charge in [-0.05, 0) is 61.2 Å². The molecule has 1 aliphatic rings. The van der Waals surface area contributed by atoms with Gasteiger partial charge in [0.25, 0.3) is 5.91 Å². The number of hydrogen-bond acceptors (Lipinski definition) is 5. The van der Waals surface area contributed by atoms with Gasteiger partial charge in [0.2, 0.25) is 10.0 Å². The number of nitrogens with one attached hydrogen (secondary N) is 1. The molecule has 156 valence electrons. The Kier molecular flexibility index (Phi) is 5.65. The number of hydrogen-bond donors (Lipinski definition) is 1. The molecular weight excluding hydrogens is 402 g/mol. The summed E-state index contributed by atoms with van der Waals surface area (Å²) in [7, 11) is -3.54. The molecule has 9 heteroatoms. The van der Waals surface area contributed by atoms with Crippen LogP contribution >= 0.6 is 0 Å². The SMILES string of the molecule is CC1CCN(S(=O)(=O)c2ccc(C(=O)Nc3cccnc3-n3cccn3)cc2)CC1. The van der Waals surface area contributed by atoms with Crippen molar-refractivity contribution >= 4 is 21.6 Å². The zero-order chi connectivity index (χ0) is 21.1. The highest BCUT2D eigenvalue weighted by atomic mass is 32.2. The molecule has 2 aromatic heterocycles. The van der Waals surface area contributed by atoms with Crippen LogP contribution in [0.25, 0.3) is 5.82 Å². The first-order chi connectivity index (χ1) is 14.4. The summed E-state index contributed by atoms with van der Waals surface area (Å²) in [5.74, 6) is 0.683. The Morgan fingerprint density at radius 1 is 1.07 bits per heavy atom. The number of pyridine rings is 1. The summed E-state index contributed by atoms with van der Waals surface area (Å²) in [5.41, 5.74) is 0.863. The topological polar surface area (TPSA) is 97.2 Å². The van der Waals surface area contributed by atoms with E-state index in [9.17, 15) is 13.2 Å². The highest BCUT2D eigenvalue weighted by Gasteiger charge is 2.28. The molecule has 30 heavy (non-hydrogen) atoms. The molecule has 8 nitrogen and oxygen atoms in total. The highest BCUT2D eigenvalue weighted by molar-refractivity contribution is 7.89. The Morgan fingerprint density at radius 2 is 1.80 bits per heavy atom. The van der Waals surface area contributed by atoms with E-state index in [4.69, 9.17) is 0 Å². The molecule has 0 radical (unpaired) electrons. The second kappa shape index (κ2) is 8.37. The third-order valence-electron chi connectivity index (χ3n) is 5.25. The molecule has 0 bridgehead atoms. The fourth-order valence-corrected chi connectivity index (χ4v) is 4.89. The maximum Gasteiger partial charge on any atom is 0.255 e. The van der Waals surface area contributed by atoms with E-state index in [2.05, 4.69) is 22.3 Å². The number of sulfonamides is 1. The van der Waals surface area contributed by atoms with E-state index in [1.807, 2.05) is 0 Å². The van der Waals surface area contributed by atoms with Gasteiger partial charge >= 0.3 is 0 Å². The minimum Gasteiger partial charge on any atom is -0.319 e. The van der Waals surface area contributed by atoms with Gasteiger partial charge in [-0.2, -0.15) is 9.40 Å². The van der Waals surface area contributed by atoms with Crippen LogP contribution in [0.1, 0.15) is 30.1 Å². The zero-order valence-electron chi connectivity index (χ0n) is 16.6. The van der Waals surface area contributed by atoms with Gasteiger partial charge in [0.1, 0.15) is 0 Å². The standard InChI is InChI=1S/C21H23N5O3S/c1-16-9-14-25(15-10-16)30(28,29)18-7-5-17(6-8-18)21(27)24-19-4-2-11-22-20(19)26-13-3-12-23-26/h2-8,11-13,16H,9-10,14-15H2,1H3,(H,24,27). The van der Waals surface area contributed by atoms with E-state index < -0.39 is 10.0 Å². The Balaban J connectivity index is 1.51. The molecule has 1 amide bonds. The smallest absolute Gasteiger partial charge is 0.255 e. The molecule has 0 spiro atoms. The van der Waals surface area contributed by atoms with Crippen LogP contribution in [-0.2, 0) is 10.0 Å². The number of carbonyl (C=O) groups excluding carboxylic acids is 1. The molecule has 3 heterocycles. The van der Waals surface area contributed by atoms with Crippen LogP contribution in [0.3, 0.4) is 0 Å². The van der Waals surface area contributed by atoms with Gasteiger partial charge in [0.05, 0.1) is 10.6 Å². The van der Waals surface area contributed by atoms with Crippen LogP contribution in [0, 0.1) is 5.92 Å². The number of carbonyl (C=O) groups is 1. The number of aromatic nitrogens is 3. The first-order valence-electron chi connectivity index (χ1n) is 9.82. The van der Waals surface area contributed by atoms with Crippen LogP contribution < -0.4 is 5.32 Å². The molecule has 1 saturated heterocycles. The monoisotopic (exact) mass is 425 g/mol. The fourth-order valence-electron chi connectivity index (χ4n) is 3.42. The molecule has 0 saturated carbocycles. The van der Waals surface area contributed by atoms with Crippen LogP contribution in [0.5, 0.6) is 0 Å². The zero-order valence-corrected chi connectivity index (χ0v) is 17.4. The number of anilines is 1. The molecule has 1 aromatic carbocycles. The number of rotatable bonds is 5. The lowest BCUT2D eigenvalue weighted by atomic mass is 10.0. The highest BCUT2D eigenvalue weighted by Crippen LogP contribution is 2.24. The number of nitrogens with zero attached hydrogens (tertiary/aromatic N) is 4. The lowest BCUT2D eigenvalue weighted by Crippen LogP contribution is -2.37. The van der Waals surface area contributed by atoms with Crippen LogP contribution in [-0.4, -0.2) is 46.5 Å². The first kappa shape index (κ1) is 20.2. The Bertz CT molecular complexity index is 1120. The van der Waals surface area contributed by atoms with Crippen molar-refractivity contribution in [2.75, 3.05) is 18.4 Å². The normalized spacial score (nSPS) is 15.8. The van der Waals surface area contributed by atoms with E-state index in [1.54, 1.807) is 41.5 Å². The summed E-state index contributed by atoms with van der Waals surface area (Å²) in [5, 5.41) is 6.97. The lowest BCUT2D eigenvalue weighted by molar-refractivity contribution is 0.102. The molecule has 1 fully saturated rings. The summed E-state index contributed by atoms with van der Waals surface area (Å²) < 4.78 is 28.8. The van der Waals surface area contributed by atoms with Gasteiger partial charge in [0.15, 0.2) is 5.82 Å². The van der Waals surface area contributed by atoms with Crippen molar-refractivity contribution in [3.8, 4) is 5.82 Å². The van der Waals surface area contributed by atoms with Crippen molar-refractivity contribution in [3.63, 3.8) is 0 Å². The summed E-state index contributed by atoms with van der Waals surface area (Å²) in [6.07, 6.45) is 6.71. The lowest BCUT2D eigenvalue weighted by Gasteiger charge is -2.29. The summed E-state index contributed by atoms with van der Waals surface area (Å²) in [4.78, 5) is 17.2. The van der Waals surface area contributed by atoms with Gasteiger partial charge in [-0.1, -0.05) is 6.92 Å². The van der Waals surface area contributed by atoms with E-state index in [-0.39, 0.29) is 10.8 Å². The summed E-state index contributed by atoms with van der Waals surface area (Å²) >= 11 is 0. The Labute approximate surface area is 175 Å². The molecule has 4 rings (SSSR count). The third kappa shape index (κ3) is 4.12. The third-order valence-corrected chi connectivity index (χ3v) is 7.17. The average Bonchev–Trinajstić information content (AvgIpc) is 3.29. The van der Waals surface area contributed by atoms with Crippen LogP contribution in [0.2, 0.25) is 0 Å². The van der Waals surface area contributed by atoms with Crippen molar-refractivity contribution in [1.82, 2.24) is 19.1 Å². The van der Waals surface area contributed by atoms with Gasteiger partial charge in [-0.25, -0.2) is 18.1 Å². The largest absolute Gasteiger partial charge is 0.319 e. The second-order valence-electron chi connectivity index (χ2n) is 7.39. The van der Waals surface area contributed by atoms with Crippen LogP contribution in [0.15, 0.2) is 66.0 Å². The van der Waals surface area contributed by atoms with Crippen molar-refractivity contribution in [1.29, 1.82) is 0 Å². The van der Waals surface area contributed by atoms with Gasteiger partial charge in [0, 0.05) is 37.2 Å². The number of piperidine rings is 1. The average molecular weight is 426 g/mol. The molecule has 3 aromatic rings. The molecular formula is C21H23N5O3S. The first-order valence-corrected chi connectivity index (χ1v) is 11.3. The van der Waals surface area contributed by atoms with Crippen molar-refractivity contribution in [2.24, 2.45) is 5.92 Å². The maximum atomic E-state index is 12.8. The predicted octanol–water partition coefficient (Wildman–Crippen LogP) is 2.94. The van der Waals surface area contributed by atoms with Crippen molar-refractivity contribution < 1.29 is 13.2 Å². The van der Waals surface area contributed by atoms with Gasteiger partial charge in [-0.15, -0.1) is 0 Å². The Morgan fingerprint density at radius 3 is 2.47 bits per heavy atom. The molecule has 1 aliphatic heterocycles. The van der Waals surface area contributed by atoms with E-state index in [0.717, 1.165) is 12.8 Å². The van der Waals surface area contributed by atoms with Crippen molar-refractivity contribution in [3.05, 3.63) is 66.6 Å². The predicted molar refractivity (Wildman–Crippen MR) is 113 cm³/mol. The number of amides is 1. The molecule has 0 atom stereocenters. The quantitative estimate of drug-likeness (QED) is 0.678. The molecule has 0 aliphatic carbocycles. The summed E-state index contributed by atoms with van der Waals surface area (Å²) in [6, 6.07) is 11.2. The second-order valence-corrected chi connectivity index (χ2v) is 9.33. The minimum atomic E-state index is -3.54. The van der Waals surface area contributed by atoms with E-state index in [0.29, 0.717) is 36.1 Å². The number of benzene rings is 1.